The average molecular weight is 340 g/mol. The molecule has 4 heteroatoms. The van der Waals surface area contributed by atoms with Crippen molar-refractivity contribution in [1.29, 1.82) is 0 Å². The number of benzene rings is 2. The first kappa shape index (κ1) is 17.1. The second kappa shape index (κ2) is 7.86. The highest BCUT2D eigenvalue weighted by Crippen LogP contribution is 2.25. The van der Waals surface area contributed by atoms with Crippen LogP contribution in [0.15, 0.2) is 48.7 Å². The summed E-state index contributed by atoms with van der Waals surface area (Å²) < 4.78 is 2.07. The van der Waals surface area contributed by atoms with Crippen molar-refractivity contribution < 1.29 is 0 Å². The highest BCUT2D eigenvalue weighted by molar-refractivity contribution is 7.98. The first-order valence-corrected chi connectivity index (χ1v) is 9.86. The second-order valence-corrected chi connectivity index (χ2v) is 7.10. The molecule has 126 valence electrons. The summed E-state index contributed by atoms with van der Waals surface area (Å²) >= 11 is 1.90. The molecule has 0 aliphatic carbocycles. The van der Waals surface area contributed by atoms with E-state index in [1.165, 1.54) is 34.2 Å². The van der Waals surface area contributed by atoms with Gasteiger partial charge in [-0.15, -0.1) is 0 Å². The van der Waals surface area contributed by atoms with Gasteiger partial charge in [0.1, 0.15) is 0 Å². The van der Waals surface area contributed by atoms with E-state index in [4.69, 9.17) is 0 Å². The van der Waals surface area contributed by atoms with Crippen LogP contribution in [-0.4, -0.2) is 28.3 Å². The lowest BCUT2D eigenvalue weighted by atomic mass is 10.1. The van der Waals surface area contributed by atoms with Crippen LogP contribution in [0.4, 0.5) is 0 Å². The van der Waals surface area contributed by atoms with Crippen molar-refractivity contribution in [3.63, 3.8) is 0 Å². The third kappa shape index (κ3) is 3.50. The number of aromatic nitrogens is 2. The lowest BCUT2D eigenvalue weighted by Gasteiger charge is -2.14. The Hall–Kier alpha value is -1.78. The van der Waals surface area contributed by atoms with E-state index in [-0.39, 0.29) is 0 Å². The van der Waals surface area contributed by atoms with E-state index in [9.17, 15) is 0 Å². The Kier molecular flexibility index (Phi) is 5.59. The Bertz CT molecular complexity index is 804. The highest BCUT2D eigenvalue weighted by Gasteiger charge is 2.14. The van der Waals surface area contributed by atoms with Crippen molar-refractivity contribution >= 4 is 22.5 Å². The van der Waals surface area contributed by atoms with Gasteiger partial charge in [-0.25, -0.2) is 4.68 Å². The van der Waals surface area contributed by atoms with Crippen LogP contribution in [0.3, 0.4) is 0 Å². The van der Waals surface area contributed by atoms with Gasteiger partial charge in [0.15, 0.2) is 0 Å². The summed E-state index contributed by atoms with van der Waals surface area (Å²) in [5.41, 5.74) is 3.62. The van der Waals surface area contributed by atoms with Gasteiger partial charge < -0.3 is 5.32 Å². The van der Waals surface area contributed by atoms with E-state index in [0.717, 1.165) is 12.2 Å². The van der Waals surface area contributed by atoms with Crippen LogP contribution in [0.1, 0.15) is 30.6 Å². The number of thioether (sulfide) groups is 1. The minimum atomic E-state index is 0.315. The average Bonchev–Trinajstić information content (AvgIpc) is 2.99. The van der Waals surface area contributed by atoms with E-state index >= 15 is 0 Å². The molecule has 0 fully saturated rings. The summed E-state index contributed by atoms with van der Waals surface area (Å²) in [6, 6.07) is 15.2. The summed E-state index contributed by atoms with van der Waals surface area (Å²) in [6.45, 7) is 5.42. The summed E-state index contributed by atoms with van der Waals surface area (Å²) in [6.07, 6.45) is 5.35. The third-order valence-corrected chi connectivity index (χ3v) is 5.18. The fourth-order valence-corrected chi connectivity index (χ4v) is 3.56. The van der Waals surface area contributed by atoms with Crippen LogP contribution >= 0.6 is 11.8 Å². The Morgan fingerprint density at radius 2 is 1.96 bits per heavy atom. The van der Waals surface area contributed by atoms with E-state index in [0.29, 0.717) is 6.04 Å². The summed E-state index contributed by atoms with van der Waals surface area (Å²) in [4.78, 5) is 0. The summed E-state index contributed by atoms with van der Waals surface area (Å²) in [5, 5.41) is 10.8. The molecule has 1 N–H and O–H groups in total. The zero-order chi connectivity index (χ0) is 16.9. The van der Waals surface area contributed by atoms with Crippen LogP contribution in [-0.2, 0) is 0 Å². The molecule has 1 aromatic heterocycles. The van der Waals surface area contributed by atoms with Gasteiger partial charge in [-0.05, 0) is 50.3 Å². The monoisotopic (exact) mass is 339 g/mol. The SMILES string of the molecule is CSCCCNC(C)c1cnn(-c2cccc3ccccc23)c1C. The van der Waals surface area contributed by atoms with Crippen molar-refractivity contribution in [3.8, 4) is 5.69 Å². The molecule has 0 saturated heterocycles. The number of rotatable bonds is 7. The molecule has 1 atom stereocenters. The molecule has 2 aromatic carbocycles. The number of nitrogens with zero attached hydrogens (tertiary/aromatic N) is 2. The topological polar surface area (TPSA) is 29.9 Å². The van der Waals surface area contributed by atoms with Crippen LogP contribution in [0.5, 0.6) is 0 Å². The standard InChI is InChI=1S/C20H25N3S/c1-15(21-12-7-13-24-3)19-14-22-23(16(19)2)20-11-6-9-17-8-4-5-10-18(17)20/h4-6,8-11,14-15,21H,7,12-13H2,1-3H3. The van der Waals surface area contributed by atoms with E-state index in [1.54, 1.807) is 0 Å². The molecule has 3 aromatic rings. The molecular weight excluding hydrogens is 314 g/mol. The largest absolute Gasteiger partial charge is 0.310 e. The van der Waals surface area contributed by atoms with Gasteiger partial charge >= 0.3 is 0 Å². The molecule has 0 radical (unpaired) electrons. The van der Waals surface area contributed by atoms with Gasteiger partial charge in [-0.2, -0.15) is 16.9 Å². The lowest BCUT2D eigenvalue weighted by Crippen LogP contribution is -2.20. The maximum absolute atomic E-state index is 4.67. The van der Waals surface area contributed by atoms with Gasteiger partial charge in [0.2, 0.25) is 0 Å². The Morgan fingerprint density at radius 3 is 2.79 bits per heavy atom. The summed E-state index contributed by atoms with van der Waals surface area (Å²) in [7, 11) is 0. The molecule has 0 bridgehead atoms. The predicted molar refractivity (Wildman–Crippen MR) is 105 cm³/mol. The van der Waals surface area contributed by atoms with Gasteiger partial charge in [0.05, 0.1) is 11.9 Å². The minimum Gasteiger partial charge on any atom is -0.310 e. The van der Waals surface area contributed by atoms with Crippen LogP contribution in [0, 0.1) is 6.92 Å². The molecule has 0 saturated carbocycles. The fourth-order valence-electron chi connectivity index (χ4n) is 3.13. The number of hydrogen-bond acceptors (Lipinski definition) is 3. The maximum Gasteiger partial charge on any atom is 0.0727 e. The maximum atomic E-state index is 4.67. The Labute approximate surface area is 148 Å². The molecule has 0 spiro atoms. The molecule has 3 nitrogen and oxygen atoms in total. The van der Waals surface area contributed by atoms with Gasteiger partial charge in [-0.3, -0.25) is 0 Å². The quantitative estimate of drug-likeness (QED) is 0.631. The van der Waals surface area contributed by atoms with Crippen molar-refractivity contribution in [2.45, 2.75) is 26.3 Å². The smallest absolute Gasteiger partial charge is 0.0727 e. The molecule has 3 rings (SSSR count). The van der Waals surface area contributed by atoms with Gasteiger partial charge in [0, 0.05) is 22.7 Å². The molecular formula is C20H25N3S. The predicted octanol–water partition coefficient (Wildman–Crippen LogP) is 4.74. The van der Waals surface area contributed by atoms with Crippen molar-refractivity contribution in [1.82, 2.24) is 15.1 Å². The zero-order valence-electron chi connectivity index (χ0n) is 14.6. The molecule has 1 unspecified atom stereocenters. The highest BCUT2D eigenvalue weighted by atomic mass is 32.2. The Balaban J connectivity index is 1.86. The van der Waals surface area contributed by atoms with E-state index < -0.39 is 0 Å². The summed E-state index contributed by atoms with van der Waals surface area (Å²) in [5.74, 6) is 1.20. The molecule has 0 aliphatic rings. The minimum absolute atomic E-state index is 0.315. The lowest BCUT2D eigenvalue weighted by molar-refractivity contribution is 0.570. The van der Waals surface area contributed by atoms with Crippen molar-refractivity contribution in [2.75, 3.05) is 18.6 Å². The van der Waals surface area contributed by atoms with Crippen molar-refractivity contribution in [2.24, 2.45) is 0 Å². The number of nitrogens with one attached hydrogen (secondary N) is 1. The van der Waals surface area contributed by atoms with Crippen LogP contribution < -0.4 is 5.32 Å². The van der Waals surface area contributed by atoms with Gasteiger partial charge in [0.25, 0.3) is 0 Å². The fraction of sp³-hybridized carbons (Fsp3) is 0.350. The second-order valence-electron chi connectivity index (χ2n) is 6.12. The third-order valence-electron chi connectivity index (χ3n) is 4.48. The number of fused-ring (bicyclic) bond motifs is 1. The molecule has 1 heterocycles. The normalized spacial score (nSPS) is 12.6. The Morgan fingerprint density at radius 1 is 1.17 bits per heavy atom. The molecule has 24 heavy (non-hydrogen) atoms. The number of hydrogen-bond donors (Lipinski definition) is 1. The van der Waals surface area contributed by atoms with Crippen LogP contribution in [0.25, 0.3) is 16.5 Å². The van der Waals surface area contributed by atoms with Crippen LogP contribution in [0.2, 0.25) is 0 Å². The first-order valence-electron chi connectivity index (χ1n) is 8.47. The van der Waals surface area contributed by atoms with Gasteiger partial charge in [-0.1, -0.05) is 36.4 Å². The first-order chi connectivity index (χ1) is 11.7. The van der Waals surface area contributed by atoms with Crippen molar-refractivity contribution in [3.05, 3.63) is 59.9 Å². The molecule has 0 aliphatic heterocycles. The van der Waals surface area contributed by atoms with E-state index in [1.807, 2.05) is 18.0 Å². The molecule has 0 amide bonds. The van der Waals surface area contributed by atoms with E-state index in [2.05, 4.69) is 77.7 Å². The zero-order valence-corrected chi connectivity index (χ0v) is 15.4.